The van der Waals surface area contributed by atoms with Gasteiger partial charge in [0.05, 0.1) is 0 Å². The summed E-state index contributed by atoms with van der Waals surface area (Å²) in [4.78, 5) is 0. The minimum atomic E-state index is 1.19. The molecule has 0 saturated carbocycles. The highest BCUT2D eigenvalue weighted by Gasteiger charge is 2.31. The normalized spacial score (nSPS) is 11.5. The van der Waals surface area contributed by atoms with Crippen LogP contribution in [-0.4, -0.2) is 0 Å². The molecule has 1 aliphatic rings. The predicted octanol–water partition coefficient (Wildman–Crippen LogP) is 19.0. The maximum atomic E-state index is 2.47. The molecule has 0 N–H and O–H groups in total. The molecule has 0 amide bonds. The lowest BCUT2D eigenvalue weighted by molar-refractivity contribution is 1.57. The van der Waals surface area contributed by atoms with Crippen LogP contribution in [-0.2, 0) is 0 Å². The number of rotatable bonds is 8. The fourth-order valence-electron chi connectivity index (χ4n) is 10.9. The van der Waals surface area contributed by atoms with E-state index in [1.165, 1.54) is 133 Å². The molecule has 0 saturated heterocycles. The quantitative estimate of drug-likeness (QED) is 0.143. The molecule has 0 nitrogen and oxygen atoms in total. The summed E-state index contributed by atoms with van der Waals surface area (Å²) in [6, 6.07) is 98.4. The number of hydrogen-bond acceptors (Lipinski definition) is 0. The Morgan fingerprint density at radius 1 is 0.147 bits per heavy atom. The van der Waals surface area contributed by atoms with Gasteiger partial charge in [-0.2, -0.15) is 0 Å². The molecule has 0 spiro atoms. The van der Waals surface area contributed by atoms with Gasteiger partial charge in [-0.05, 0) is 175 Å². The van der Waals surface area contributed by atoms with Gasteiger partial charge in [-0.3, -0.25) is 0 Å². The van der Waals surface area contributed by atoms with E-state index in [1.807, 2.05) is 0 Å². The summed E-state index contributed by atoms with van der Waals surface area (Å²) < 4.78 is 0. The molecule has 0 heterocycles. The first-order valence-corrected chi connectivity index (χ1v) is 23.6. The van der Waals surface area contributed by atoms with Gasteiger partial charge in [-0.15, -0.1) is 0 Å². The van der Waals surface area contributed by atoms with Crippen LogP contribution in [0.1, 0.15) is 0 Å². The SMILES string of the molecule is c1ccc(-c2cc(-c3ccccc3)cc(-c3ccc4c(-c5ccccc5)c5c(c(-c6ccccc6)c4c3)-c3cccc4c(-c6cc(-c7ccccc7)cc(-c7ccccc7)c6)ccc-5c34)c2)cc1. The van der Waals surface area contributed by atoms with Crippen molar-refractivity contribution in [1.82, 2.24) is 0 Å². The van der Waals surface area contributed by atoms with Crippen LogP contribution >= 0.6 is 0 Å². The maximum Gasteiger partial charge on any atom is -0.000741 e. The van der Waals surface area contributed by atoms with Crippen molar-refractivity contribution in [3.63, 3.8) is 0 Å². The Hall–Kier alpha value is -8.84. The van der Waals surface area contributed by atoms with Crippen LogP contribution in [0.2, 0.25) is 0 Å². The Balaban J connectivity index is 1.09. The standard InChI is InChI=1S/C68H44/c1-7-20-45(21-8-1)52-38-53(46-22-9-2-10-23-46)41-56(40-52)51-34-35-60-63(44-51)65(50-30-17-6-18-31-50)67-61-33-19-32-59-58(36-37-62(66(59)61)68(67)64(60)49-28-15-5-16-29-49)57-42-54(47-24-11-3-12-25-47)39-55(43-57)48-26-13-4-14-27-48/h1-44H. The zero-order chi connectivity index (χ0) is 45.0. The highest BCUT2D eigenvalue weighted by molar-refractivity contribution is 6.29. The molecule has 316 valence electrons. The summed E-state index contributed by atoms with van der Waals surface area (Å²) in [5.41, 5.74) is 24.6. The minimum Gasteiger partial charge on any atom is -0.0622 e. The molecule has 12 aromatic rings. The van der Waals surface area contributed by atoms with E-state index in [9.17, 15) is 0 Å². The first kappa shape index (κ1) is 39.5. The molecule has 0 unspecified atom stereocenters. The lowest BCUT2D eigenvalue weighted by Crippen LogP contribution is -1.94. The van der Waals surface area contributed by atoms with Gasteiger partial charge in [0.1, 0.15) is 0 Å². The summed E-state index contributed by atoms with van der Waals surface area (Å²) in [5, 5.41) is 5.05. The predicted molar refractivity (Wildman–Crippen MR) is 289 cm³/mol. The second-order valence-corrected chi connectivity index (χ2v) is 17.9. The highest BCUT2D eigenvalue weighted by Crippen LogP contribution is 2.59. The Labute approximate surface area is 397 Å². The van der Waals surface area contributed by atoms with E-state index in [4.69, 9.17) is 0 Å². The largest absolute Gasteiger partial charge is 0.0622 e. The van der Waals surface area contributed by atoms with E-state index in [-0.39, 0.29) is 0 Å². The van der Waals surface area contributed by atoms with E-state index < -0.39 is 0 Å². The summed E-state index contributed by atoms with van der Waals surface area (Å²) in [5.74, 6) is 0. The van der Waals surface area contributed by atoms with E-state index in [2.05, 4.69) is 267 Å². The van der Waals surface area contributed by atoms with Gasteiger partial charge in [0.15, 0.2) is 0 Å². The molecule has 0 fully saturated rings. The van der Waals surface area contributed by atoms with Gasteiger partial charge in [-0.25, -0.2) is 0 Å². The molecule has 0 bridgehead atoms. The van der Waals surface area contributed by atoms with Crippen LogP contribution in [0.25, 0.3) is 133 Å². The van der Waals surface area contributed by atoms with E-state index in [1.54, 1.807) is 0 Å². The fraction of sp³-hybridized carbons (Fsp3) is 0. The van der Waals surface area contributed by atoms with E-state index in [0.717, 1.165) is 0 Å². The molecule has 0 radical (unpaired) electrons. The van der Waals surface area contributed by atoms with Crippen molar-refractivity contribution in [1.29, 1.82) is 0 Å². The van der Waals surface area contributed by atoms with Crippen molar-refractivity contribution in [2.75, 3.05) is 0 Å². The zero-order valence-electron chi connectivity index (χ0n) is 37.4. The molecule has 12 aromatic carbocycles. The lowest BCUT2D eigenvalue weighted by Gasteiger charge is -2.21. The fourth-order valence-corrected chi connectivity index (χ4v) is 10.9. The third-order valence-corrected chi connectivity index (χ3v) is 14.0. The molecular formula is C68H44. The van der Waals surface area contributed by atoms with Crippen molar-refractivity contribution in [2.45, 2.75) is 0 Å². The maximum absolute atomic E-state index is 2.47. The van der Waals surface area contributed by atoms with Crippen LogP contribution in [0.5, 0.6) is 0 Å². The molecule has 1 aliphatic carbocycles. The summed E-state index contributed by atoms with van der Waals surface area (Å²) >= 11 is 0. The molecule has 0 aliphatic heterocycles. The summed E-state index contributed by atoms with van der Waals surface area (Å²) in [6.07, 6.45) is 0. The van der Waals surface area contributed by atoms with Gasteiger partial charge in [0.2, 0.25) is 0 Å². The second-order valence-electron chi connectivity index (χ2n) is 17.9. The minimum absolute atomic E-state index is 1.19. The number of benzene rings is 12. The molecule has 0 heteroatoms. The first-order valence-electron chi connectivity index (χ1n) is 23.6. The molecule has 13 rings (SSSR count). The second kappa shape index (κ2) is 16.5. The summed E-state index contributed by atoms with van der Waals surface area (Å²) in [7, 11) is 0. The van der Waals surface area contributed by atoms with Gasteiger partial charge in [-0.1, -0.05) is 224 Å². The Bertz CT molecular complexity index is 3720. The number of hydrogen-bond donors (Lipinski definition) is 0. The van der Waals surface area contributed by atoms with E-state index in [0.29, 0.717) is 0 Å². The monoisotopic (exact) mass is 860 g/mol. The lowest BCUT2D eigenvalue weighted by atomic mass is 9.81. The van der Waals surface area contributed by atoms with Gasteiger partial charge >= 0.3 is 0 Å². The van der Waals surface area contributed by atoms with Crippen LogP contribution in [0.3, 0.4) is 0 Å². The molecular weight excluding hydrogens is 817 g/mol. The summed E-state index contributed by atoms with van der Waals surface area (Å²) in [6.45, 7) is 0. The van der Waals surface area contributed by atoms with Crippen LogP contribution in [0, 0.1) is 0 Å². The molecule has 0 atom stereocenters. The van der Waals surface area contributed by atoms with Crippen molar-refractivity contribution in [2.24, 2.45) is 0 Å². The van der Waals surface area contributed by atoms with Gasteiger partial charge in [0.25, 0.3) is 0 Å². The smallest absolute Gasteiger partial charge is 0.000741 e. The van der Waals surface area contributed by atoms with Crippen molar-refractivity contribution in [3.05, 3.63) is 267 Å². The Morgan fingerprint density at radius 3 is 0.941 bits per heavy atom. The number of fused-ring (bicyclic) bond motifs is 4. The topological polar surface area (TPSA) is 0 Å². The molecule has 0 aromatic heterocycles. The van der Waals surface area contributed by atoms with Crippen molar-refractivity contribution in [3.8, 4) is 111 Å². The average molecular weight is 861 g/mol. The highest BCUT2D eigenvalue weighted by atomic mass is 14.3. The molecule has 68 heavy (non-hydrogen) atoms. The average Bonchev–Trinajstić information content (AvgIpc) is 3.75. The van der Waals surface area contributed by atoms with E-state index >= 15 is 0 Å². The third kappa shape index (κ3) is 6.77. The third-order valence-electron chi connectivity index (χ3n) is 14.0. The van der Waals surface area contributed by atoms with Crippen molar-refractivity contribution >= 4 is 21.5 Å². The Kier molecular flexibility index (Phi) is 9.62. The zero-order valence-corrected chi connectivity index (χ0v) is 37.4. The van der Waals surface area contributed by atoms with Crippen LogP contribution in [0.4, 0.5) is 0 Å². The van der Waals surface area contributed by atoms with Crippen LogP contribution < -0.4 is 0 Å². The van der Waals surface area contributed by atoms with Gasteiger partial charge < -0.3 is 0 Å². The Morgan fingerprint density at radius 2 is 0.500 bits per heavy atom. The first-order chi connectivity index (χ1) is 33.7. The van der Waals surface area contributed by atoms with Gasteiger partial charge in [0, 0.05) is 0 Å². The van der Waals surface area contributed by atoms with Crippen LogP contribution in [0.15, 0.2) is 267 Å². The van der Waals surface area contributed by atoms with Crippen molar-refractivity contribution < 1.29 is 0 Å².